The van der Waals surface area contributed by atoms with E-state index in [9.17, 15) is 4.79 Å². The van der Waals surface area contributed by atoms with E-state index in [0.29, 0.717) is 28.6 Å². The van der Waals surface area contributed by atoms with Gasteiger partial charge in [0, 0.05) is 24.1 Å². The van der Waals surface area contributed by atoms with Crippen LogP contribution in [0.2, 0.25) is 5.02 Å². The van der Waals surface area contributed by atoms with Crippen LogP contribution in [0.3, 0.4) is 0 Å². The van der Waals surface area contributed by atoms with Gasteiger partial charge >= 0.3 is 0 Å². The minimum Gasteiger partial charge on any atom is -0.441 e. The molecule has 0 unspecified atom stereocenters. The molecule has 4 nitrogen and oxygen atoms in total. The van der Waals surface area contributed by atoms with Crippen molar-refractivity contribution in [1.29, 1.82) is 0 Å². The average molecular weight is 301 g/mol. The monoisotopic (exact) mass is 300 g/mol. The Balaban J connectivity index is 1.76. The van der Waals surface area contributed by atoms with E-state index in [1.807, 2.05) is 18.2 Å². The molecule has 0 atom stereocenters. The number of aryl methyl sites for hydroxylation is 1. The molecule has 0 radical (unpaired) electrons. The molecule has 0 spiro atoms. The summed E-state index contributed by atoms with van der Waals surface area (Å²) in [6.45, 7) is 2.16. The number of hydrogen-bond donors (Lipinski definition) is 1. The first-order valence-corrected chi connectivity index (χ1v) is 6.90. The standard InChI is InChI=1S/C16H13ClN2O2/c1-10-19-14-7-6-11(8-15(14)21-10)16(20)18-9-12-4-2-3-5-13(12)17/h2-8H,9H2,1H3,(H,18,20). The predicted octanol–water partition coefficient (Wildman–Crippen LogP) is 3.72. The molecule has 2 aromatic carbocycles. The van der Waals surface area contributed by atoms with E-state index in [1.54, 1.807) is 31.2 Å². The Kier molecular flexibility index (Phi) is 3.62. The number of oxazole rings is 1. The van der Waals surface area contributed by atoms with E-state index in [1.165, 1.54) is 0 Å². The summed E-state index contributed by atoms with van der Waals surface area (Å²) in [5.41, 5.74) is 2.77. The number of amides is 1. The molecule has 0 saturated heterocycles. The van der Waals surface area contributed by atoms with Crippen LogP contribution in [0.5, 0.6) is 0 Å². The van der Waals surface area contributed by atoms with Crippen molar-refractivity contribution in [3.8, 4) is 0 Å². The lowest BCUT2D eigenvalue weighted by Crippen LogP contribution is -2.22. The number of halogens is 1. The number of hydrogen-bond acceptors (Lipinski definition) is 3. The maximum absolute atomic E-state index is 12.2. The highest BCUT2D eigenvalue weighted by molar-refractivity contribution is 6.31. The van der Waals surface area contributed by atoms with Crippen LogP contribution in [0, 0.1) is 6.92 Å². The van der Waals surface area contributed by atoms with Crippen LogP contribution in [0.1, 0.15) is 21.8 Å². The lowest BCUT2D eigenvalue weighted by atomic mass is 10.2. The molecule has 5 heteroatoms. The summed E-state index contributed by atoms with van der Waals surface area (Å²) in [7, 11) is 0. The van der Waals surface area contributed by atoms with E-state index in [4.69, 9.17) is 16.0 Å². The summed E-state index contributed by atoms with van der Waals surface area (Å²) in [6, 6.07) is 12.6. The Labute approximate surface area is 126 Å². The number of carbonyl (C=O) groups excluding carboxylic acids is 1. The summed E-state index contributed by atoms with van der Waals surface area (Å²) in [4.78, 5) is 16.4. The van der Waals surface area contributed by atoms with Crippen LogP contribution in [-0.2, 0) is 6.54 Å². The summed E-state index contributed by atoms with van der Waals surface area (Å²) in [6.07, 6.45) is 0. The molecule has 0 fully saturated rings. The molecular formula is C16H13ClN2O2. The number of rotatable bonds is 3. The van der Waals surface area contributed by atoms with Gasteiger partial charge in [-0.2, -0.15) is 0 Å². The second kappa shape index (κ2) is 5.58. The fourth-order valence-electron chi connectivity index (χ4n) is 2.10. The second-order valence-corrected chi connectivity index (χ2v) is 5.10. The average Bonchev–Trinajstić information content (AvgIpc) is 2.85. The summed E-state index contributed by atoms with van der Waals surface area (Å²) >= 11 is 6.06. The second-order valence-electron chi connectivity index (χ2n) is 4.69. The molecular weight excluding hydrogens is 288 g/mol. The van der Waals surface area contributed by atoms with Gasteiger partial charge in [0.1, 0.15) is 5.52 Å². The topological polar surface area (TPSA) is 55.1 Å². The first-order valence-electron chi connectivity index (χ1n) is 6.52. The van der Waals surface area contributed by atoms with Crippen LogP contribution >= 0.6 is 11.6 Å². The third kappa shape index (κ3) is 2.90. The highest BCUT2D eigenvalue weighted by Gasteiger charge is 2.10. The van der Waals surface area contributed by atoms with E-state index in [0.717, 1.165) is 11.1 Å². The van der Waals surface area contributed by atoms with E-state index < -0.39 is 0 Å². The van der Waals surface area contributed by atoms with Crippen LogP contribution in [-0.4, -0.2) is 10.9 Å². The molecule has 106 valence electrons. The number of nitrogens with zero attached hydrogens (tertiary/aromatic N) is 1. The highest BCUT2D eigenvalue weighted by atomic mass is 35.5. The molecule has 0 bridgehead atoms. The third-order valence-electron chi connectivity index (χ3n) is 3.15. The maximum atomic E-state index is 12.2. The molecule has 21 heavy (non-hydrogen) atoms. The van der Waals surface area contributed by atoms with Crippen molar-refractivity contribution < 1.29 is 9.21 Å². The van der Waals surface area contributed by atoms with Crippen molar-refractivity contribution in [1.82, 2.24) is 10.3 Å². The largest absolute Gasteiger partial charge is 0.441 e. The van der Waals surface area contributed by atoms with Crippen LogP contribution in [0.4, 0.5) is 0 Å². The Morgan fingerprint density at radius 1 is 1.29 bits per heavy atom. The van der Waals surface area contributed by atoms with Crippen LogP contribution < -0.4 is 5.32 Å². The number of fused-ring (bicyclic) bond motifs is 1. The molecule has 1 aromatic heterocycles. The van der Waals surface area contributed by atoms with Crippen molar-refractivity contribution in [3.63, 3.8) is 0 Å². The minimum absolute atomic E-state index is 0.175. The van der Waals surface area contributed by atoms with Gasteiger partial charge in [0.2, 0.25) is 0 Å². The van der Waals surface area contributed by atoms with Gasteiger partial charge in [-0.1, -0.05) is 29.8 Å². The molecule has 1 heterocycles. The van der Waals surface area contributed by atoms with E-state index in [-0.39, 0.29) is 5.91 Å². The van der Waals surface area contributed by atoms with Crippen molar-refractivity contribution >= 4 is 28.6 Å². The molecule has 1 N–H and O–H groups in total. The van der Waals surface area contributed by atoms with Crippen molar-refractivity contribution in [3.05, 3.63) is 64.5 Å². The summed E-state index contributed by atoms with van der Waals surface area (Å²) < 4.78 is 5.43. The molecule has 0 aliphatic heterocycles. The zero-order chi connectivity index (χ0) is 14.8. The first kappa shape index (κ1) is 13.6. The van der Waals surface area contributed by atoms with Gasteiger partial charge in [-0.05, 0) is 29.8 Å². The normalized spacial score (nSPS) is 10.8. The lowest BCUT2D eigenvalue weighted by Gasteiger charge is -2.06. The molecule has 3 aromatic rings. The van der Waals surface area contributed by atoms with E-state index in [2.05, 4.69) is 10.3 Å². The predicted molar refractivity (Wildman–Crippen MR) is 81.4 cm³/mol. The Bertz CT molecular complexity index is 811. The van der Waals surface area contributed by atoms with Gasteiger partial charge in [0.25, 0.3) is 5.91 Å². The minimum atomic E-state index is -0.175. The zero-order valence-corrected chi connectivity index (χ0v) is 12.1. The smallest absolute Gasteiger partial charge is 0.251 e. The summed E-state index contributed by atoms with van der Waals surface area (Å²) in [5.74, 6) is 0.407. The van der Waals surface area contributed by atoms with Gasteiger partial charge in [0.05, 0.1) is 0 Å². The Morgan fingerprint density at radius 3 is 2.90 bits per heavy atom. The number of carbonyl (C=O) groups is 1. The Hall–Kier alpha value is -2.33. The van der Waals surface area contributed by atoms with Crippen LogP contribution in [0.15, 0.2) is 46.9 Å². The maximum Gasteiger partial charge on any atom is 0.251 e. The van der Waals surface area contributed by atoms with Gasteiger partial charge in [-0.15, -0.1) is 0 Å². The van der Waals surface area contributed by atoms with Crippen LogP contribution in [0.25, 0.3) is 11.1 Å². The van der Waals surface area contributed by atoms with Gasteiger partial charge in [0.15, 0.2) is 11.5 Å². The number of nitrogens with one attached hydrogen (secondary N) is 1. The Morgan fingerprint density at radius 2 is 2.10 bits per heavy atom. The quantitative estimate of drug-likeness (QED) is 0.802. The zero-order valence-electron chi connectivity index (χ0n) is 11.4. The molecule has 0 aliphatic carbocycles. The van der Waals surface area contributed by atoms with E-state index >= 15 is 0 Å². The fourth-order valence-corrected chi connectivity index (χ4v) is 2.30. The van der Waals surface area contributed by atoms with Gasteiger partial charge in [-0.25, -0.2) is 4.98 Å². The van der Waals surface area contributed by atoms with Crippen molar-refractivity contribution in [2.45, 2.75) is 13.5 Å². The first-order chi connectivity index (χ1) is 10.1. The SMILES string of the molecule is Cc1nc2ccc(C(=O)NCc3ccccc3Cl)cc2o1. The highest BCUT2D eigenvalue weighted by Crippen LogP contribution is 2.18. The molecule has 3 rings (SSSR count). The molecule has 0 aliphatic rings. The van der Waals surface area contributed by atoms with Gasteiger partial charge in [-0.3, -0.25) is 4.79 Å². The summed E-state index contributed by atoms with van der Waals surface area (Å²) in [5, 5.41) is 3.48. The molecule has 1 amide bonds. The third-order valence-corrected chi connectivity index (χ3v) is 3.52. The fraction of sp³-hybridized carbons (Fsp3) is 0.125. The molecule has 0 saturated carbocycles. The number of benzene rings is 2. The van der Waals surface area contributed by atoms with Crippen molar-refractivity contribution in [2.24, 2.45) is 0 Å². The van der Waals surface area contributed by atoms with Gasteiger partial charge < -0.3 is 9.73 Å². The van der Waals surface area contributed by atoms with Crippen molar-refractivity contribution in [2.75, 3.05) is 0 Å². The lowest BCUT2D eigenvalue weighted by molar-refractivity contribution is 0.0951. The number of aromatic nitrogens is 1.